The van der Waals surface area contributed by atoms with Gasteiger partial charge in [-0.1, -0.05) is 12.1 Å². The summed E-state index contributed by atoms with van der Waals surface area (Å²) in [6.07, 6.45) is 1.57. The Morgan fingerprint density at radius 3 is 2.59 bits per heavy atom. The Labute approximate surface area is 169 Å². The van der Waals surface area contributed by atoms with Crippen LogP contribution in [0.1, 0.15) is 46.2 Å². The summed E-state index contributed by atoms with van der Waals surface area (Å²) in [5, 5.41) is 2.80. The number of morpholine rings is 1. The molecule has 0 spiro atoms. The molecule has 154 valence electrons. The van der Waals surface area contributed by atoms with Crippen molar-refractivity contribution in [2.75, 3.05) is 38.2 Å². The Bertz CT molecular complexity index is 910. The molecular weight excluding hydrogens is 372 g/mol. The Kier molecular flexibility index (Phi) is 6.08. The zero-order valence-electron chi connectivity index (χ0n) is 16.6. The quantitative estimate of drug-likeness (QED) is 0.834. The highest BCUT2D eigenvalue weighted by Crippen LogP contribution is 2.28. The number of anilines is 1. The maximum absolute atomic E-state index is 12.7. The van der Waals surface area contributed by atoms with Crippen molar-refractivity contribution in [1.82, 2.24) is 4.90 Å². The number of carbonyl (C=O) groups excluding carboxylic acids is 1. The number of benzene rings is 1. The van der Waals surface area contributed by atoms with Crippen LogP contribution < -0.4 is 10.9 Å². The molecule has 7 heteroatoms. The van der Waals surface area contributed by atoms with Gasteiger partial charge in [-0.3, -0.25) is 9.69 Å². The molecule has 1 atom stereocenters. The van der Waals surface area contributed by atoms with Gasteiger partial charge in [0, 0.05) is 31.9 Å². The molecule has 1 aromatic heterocycles. The van der Waals surface area contributed by atoms with Crippen molar-refractivity contribution in [3.8, 4) is 0 Å². The highest BCUT2D eigenvalue weighted by molar-refractivity contribution is 6.04. The third-order valence-electron chi connectivity index (χ3n) is 5.36. The van der Waals surface area contributed by atoms with Crippen molar-refractivity contribution in [2.24, 2.45) is 0 Å². The molecule has 1 unspecified atom stereocenters. The van der Waals surface area contributed by atoms with Crippen molar-refractivity contribution in [2.45, 2.75) is 32.4 Å². The third kappa shape index (κ3) is 4.75. The first kappa shape index (κ1) is 19.8. The largest absolute Gasteiger partial charge is 0.424 e. The van der Waals surface area contributed by atoms with Crippen LogP contribution in [-0.4, -0.2) is 43.7 Å². The predicted octanol–water partition coefficient (Wildman–Crippen LogP) is 2.88. The third-order valence-corrected chi connectivity index (χ3v) is 5.36. The molecule has 2 aliphatic heterocycles. The van der Waals surface area contributed by atoms with E-state index < -0.39 is 11.5 Å². The minimum atomic E-state index is -0.628. The molecule has 2 fully saturated rings. The summed E-state index contributed by atoms with van der Waals surface area (Å²) < 4.78 is 16.3. The number of rotatable bonds is 5. The van der Waals surface area contributed by atoms with Gasteiger partial charge < -0.3 is 19.2 Å². The van der Waals surface area contributed by atoms with Gasteiger partial charge in [-0.25, -0.2) is 4.79 Å². The van der Waals surface area contributed by atoms with E-state index in [2.05, 4.69) is 10.2 Å². The highest BCUT2D eigenvalue weighted by Gasteiger charge is 2.24. The van der Waals surface area contributed by atoms with Crippen LogP contribution in [0.5, 0.6) is 0 Å². The molecule has 4 rings (SSSR count). The molecule has 0 aliphatic carbocycles. The van der Waals surface area contributed by atoms with Gasteiger partial charge in [0.25, 0.3) is 5.91 Å². The number of aryl methyl sites for hydroxylation is 1. The van der Waals surface area contributed by atoms with Crippen LogP contribution in [0.15, 0.2) is 39.5 Å². The topological polar surface area (TPSA) is 81.0 Å². The Balaban J connectivity index is 1.42. The first-order chi connectivity index (χ1) is 14.1. The number of ether oxygens (including phenoxy) is 2. The van der Waals surface area contributed by atoms with Crippen LogP contribution >= 0.6 is 0 Å². The van der Waals surface area contributed by atoms with E-state index in [9.17, 15) is 9.59 Å². The van der Waals surface area contributed by atoms with Crippen LogP contribution in [0.3, 0.4) is 0 Å². The lowest BCUT2D eigenvalue weighted by atomic mass is 10.1. The molecule has 3 heterocycles. The first-order valence-electron chi connectivity index (χ1n) is 10.1. The van der Waals surface area contributed by atoms with Crippen LogP contribution in [0, 0.1) is 6.92 Å². The van der Waals surface area contributed by atoms with Gasteiger partial charge in [-0.2, -0.15) is 0 Å². The van der Waals surface area contributed by atoms with Gasteiger partial charge in [0.1, 0.15) is 17.4 Å². The second kappa shape index (κ2) is 8.90. The fourth-order valence-electron chi connectivity index (χ4n) is 3.77. The van der Waals surface area contributed by atoms with E-state index in [0.717, 1.165) is 45.7 Å². The molecule has 0 saturated carbocycles. The lowest BCUT2D eigenvalue weighted by Gasteiger charge is -2.26. The summed E-state index contributed by atoms with van der Waals surface area (Å²) >= 11 is 0. The van der Waals surface area contributed by atoms with E-state index in [1.54, 1.807) is 13.0 Å². The van der Waals surface area contributed by atoms with Crippen LogP contribution in [0.2, 0.25) is 0 Å². The van der Waals surface area contributed by atoms with Gasteiger partial charge >= 0.3 is 5.63 Å². The minimum absolute atomic E-state index is 0.0316. The van der Waals surface area contributed by atoms with Crippen molar-refractivity contribution >= 4 is 11.6 Å². The summed E-state index contributed by atoms with van der Waals surface area (Å²) in [4.78, 5) is 27.4. The summed E-state index contributed by atoms with van der Waals surface area (Å²) in [6, 6.07) is 9.41. The van der Waals surface area contributed by atoms with Crippen molar-refractivity contribution < 1.29 is 18.7 Å². The van der Waals surface area contributed by atoms with Gasteiger partial charge in [-0.15, -0.1) is 0 Å². The summed E-state index contributed by atoms with van der Waals surface area (Å²) in [5.41, 5.74) is 1.80. The lowest BCUT2D eigenvalue weighted by molar-refractivity contribution is 0.0342. The predicted molar refractivity (Wildman–Crippen MR) is 108 cm³/mol. The van der Waals surface area contributed by atoms with Crippen molar-refractivity contribution in [3.63, 3.8) is 0 Å². The Morgan fingerprint density at radius 2 is 1.93 bits per heavy atom. The maximum Gasteiger partial charge on any atom is 0.349 e. The second-order valence-corrected chi connectivity index (χ2v) is 7.54. The molecule has 2 aromatic rings. The van der Waals surface area contributed by atoms with Crippen LogP contribution in [0.25, 0.3) is 0 Å². The fraction of sp³-hybridized carbons (Fsp3) is 0.455. The van der Waals surface area contributed by atoms with Gasteiger partial charge in [0.05, 0.1) is 13.2 Å². The SMILES string of the molecule is Cc1cc(C2CCCO2)oc(=O)c1C(=O)Nc1ccc(CN2CCOCC2)cc1. The standard InChI is InChI=1S/C22H26N2O5/c1-15-13-19(18-3-2-10-28-18)29-22(26)20(15)21(25)23-17-6-4-16(5-7-17)14-24-8-11-27-12-9-24/h4-7,13,18H,2-3,8-12,14H2,1H3,(H,23,25). The molecule has 2 saturated heterocycles. The highest BCUT2D eigenvalue weighted by atomic mass is 16.5. The minimum Gasteiger partial charge on any atom is -0.424 e. The Morgan fingerprint density at radius 1 is 1.17 bits per heavy atom. The van der Waals surface area contributed by atoms with E-state index in [-0.39, 0.29) is 11.7 Å². The van der Waals surface area contributed by atoms with Gasteiger partial charge in [-0.05, 0) is 49.1 Å². The normalized spacial score (nSPS) is 20.0. The van der Waals surface area contributed by atoms with Gasteiger partial charge in [0.2, 0.25) is 0 Å². The molecule has 1 amide bonds. The zero-order chi connectivity index (χ0) is 20.2. The monoisotopic (exact) mass is 398 g/mol. The number of nitrogens with one attached hydrogen (secondary N) is 1. The number of amides is 1. The average molecular weight is 398 g/mol. The number of hydrogen-bond acceptors (Lipinski definition) is 6. The second-order valence-electron chi connectivity index (χ2n) is 7.54. The van der Waals surface area contributed by atoms with Crippen molar-refractivity contribution in [3.05, 3.63) is 63.2 Å². The Hall–Kier alpha value is -2.48. The number of carbonyl (C=O) groups is 1. The molecule has 1 N–H and O–H groups in total. The first-order valence-corrected chi connectivity index (χ1v) is 10.1. The van der Waals surface area contributed by atoms with E-state index >= 15 is 0 Å². The van der Waals surface area contributed by atoms with E-state index in [1.807, 2.05) is 24.3 Å². The van der Waals surface area contributed by atoms with E-state index in [1.165, 1.54) is 5.56 Å². The van der Waals surface area contributed by atoms with Crippen LogP contribution in [-0.2, 0) is 16.0 Å². The summed E-state index contributed by atoms with van der Waals surface area (Å²) in [6.45, 7) is 6.65. The molecule has 0 bridgehead atoms. The number of hydrogen-bond donors (Lipinski definition) is 1. The molecule has 2 aliphatic rings. The van der Waals surface area contributed by atoms with Gasteiger partial charge in [0.15, 0.2) is 0 Å². The fourth-order valence-corrected chi connectivity index (χ4v) is 3.77. The zero-order valence-corrected chi connectivity index (χ0v) is 16.6. The summed E-state index contributed by atoms with van der Waals surface area (Å²) in [7, 11) is 0. The average Bonchev–Trinajstić information content (AvgIpc) is 3.25. The molecule has 0 radical (unpaired) electrons. The molecule has 1 aromatic carbocycles. The van der Waals surface area contributed by atoms with Crippen LogP contribution in [0.4, 0.5) is 5.69 Å². The maximum atomic E-state index is 12.7. The summed E-state index contributed by atoms with van der Waals surface area (Å²) in [5.74, 6) is 0.0325. The number of nitrogens with zero attached hydrogens (tertiary/aromatic N) is 1. The molecular formula is C22H26N2O5. The van der Waals surface area contributed by atoms with E-state index in [0.29, 0.717) is 23.6 Å². The molecule has 7 nitrogen and oxygen atoms in total. The van der Waals surface area contributed by atoms with E-state index in [4.69, 9.17) is 13.9 Å². The smallest absolute Gasteiger partial charge is 0.349 e. The molecule has 29 heavy (non-hydrogen) atoms. The van der Waals surface area contributed by atoms with Crippen molar-refractivity contribution in [1.29, 1.82) is 0 Å². The lowest BCUT2D eigenvalue weighted by Crippen LogP contribution is -2.35.